The summed E-state index contributed by atoms with van der Waals surface area (Å²) in [6.07, 6.45) is 5.66. The lowest BCUT2D eigenvalue weighted by molar-refractivity contribution is 0.751. The number of pyridine rings is 1. The summed E-state index contributed by atoms with van der Waals surface area (Å²) in [6.45, 7) is 2.68. The van der Waals surface area contributed by atoms with Gasteiger partial charge in [-0.05, 0) is 18.6 Å². The molecule has 0 saturated heterocycles. The lowest BCUT2D eigenvalue weighted by atomic mass is 10.1. The molecule has 2 rings (SSSR count). The van der Waals surface area contributed by atoms with Gasteiger partial charge in [0.1, 0.15) is 0 Å². The van der Waals surface area contributed by atoms with E-state index in [1.807, 2.05) is 29.1 Å². The zero-order valence-electron chi connectivity index (χ0n) is 9.43. The van der Waals surface area contributed by atoms with Crippen molar-refractivity contribution in [3.63, 3.8) is 0 Å². The fraction of sp³-hybridized carbons (Fsp3) is 0.333. The minimum Gasteiger partial charge on any atom is -0.326 e. The molecule has 2 N–H and O–H groups in total. The number of nitrogens with two attached hydrogens (primary N) is 1. The van der Waals surface area contributed by atoms with Crippen LogP contribution in [0.2, 0.25) is 0 Å². The van der Waals surface area contributed by atoms with E-state index in [9.17, 15) is 0 Å². The minimum absolute atomic E-state index is 0.530. The van der Waals surface area contributed by atoms with Gasteiger partial charge < -0.3 is 5.73 Å². The third kappa shape index (κ3) is 1.97. The van der Waals surface area contributed by atoms with Gasteiger partial charge in [0.05, 0.1) is 11.9 Å². The van der Waals surface area contributed by atoms with Gasteiger partial charge in [0.2, 0.25) is 0 Å². The minimum atomic E-state index is 0.530. The molecule has 84 valence electrons. The molecule has 0 aromatic carbocycles. The van der Waals surface area contributed by atoms with Gasteiger partial charge in [0, 0.05) is 18.3 Å². The summed E-state index contributed by atoms with van der Waals surface area (Å²) in [5.41, 5.74) is 7.97. The first-order valence-electron chi connectivity index (χ1n) is 5.54. The fourth-order valence-corrected chi connectivity index (χ4v) is 1.76. The molecule has 0 radical (unpaired) electrons. The molecule has 0 atom stereocenters. The van der Waals surface area contributed by atoms with Gasteiger partial charge in [-0.1, -0.05) is 19.4 Å². The summed E-state index contributed by atoms with van der Waals surface area (Å²) in [5, 5.41) is 4.35. The SMILES string of the molecule is CCCc1c(CN)cnn1-c1ccccn1. The molecule has 0 spiro atoms. The van der Waals surface area contributed by atoms with Crippen LogP contribution in [0.25, 0.3) is 5.82 Å². The molecule has 0 aliphatic heterocycles. The molecule has 0 saturated carbocycles. The summed E-state index contributed by atoms with van der Waals surface area (Å²) in [5.74, 6) is 0.852. The summed E-state index contributed by atoms with van der Waals surface area (Å²) in [7, 11) is 0. The topological polar surface area (TPSA) is 56.7 Å². The first-order valence-corrected chi connectivity index (χ1v) is 5.54. The zero-order chi connectivity index (χ0) is 11.4. The first-order chi connectivity index (χ1) is 7.86. The highest BCUT2D eigenvalue weighted by molar-refractivity contribution is 5.28. The average molecular weight is 216 g/mol. The lowest BCUT2D eigenvalue weighted by Gasteiger charge is -2.06. The van der Waals surface area contributed by atoms with Gasteiger partial charge in [-0.2, -0.15) is 5.10 Å². The maximum atomic E-state index is 5.70. The average Bonchev–Trinajstić information content (AvgIpc) is 2.74. The molecule has 2 aromatic heterocycles. The largest absolute Gasteiger partial charge is 0.326 e. The molecule has 2 heterocycles. The predicted octanol–water partition coefficient (Wildman–Crippen LogP) is 1.68. The van der Waals surface area contributed by atoms with E-state index >= 15 is 0 Å². The smallest absolute Gasteiger partial charge is 0.153 e. The Labute approximate surface area is 95.1 Å². The van der Waals surface area contributed by atoms with E-state index in [1.165, 1.54) is 5.69 Å². The van der Waals surface area contributed by atoms with E-state index in [2.05, 4.69) is 17.0 Å². The van der Waals surface area contributed by atoms with E-state index in [1.54, 1.807) is 6.20 Å². The van der Waals surface area contributed by atoms with Crippen molar-refractivity contribution in [1.29, 1.82) is 0 Å². The summed E-state index contributed by atoms with van der Waals surface area (Å²) >= 11 is 0. The normalized spacial score (nSPS) is 10.6. The highest BCUT2D eigenvalue weighted by Gasteiger charge is 2.10. The highest BCUT2D eigenvalue weighted by atomic mass is 15.3. The number of hydrogen-bond donors (Lipinski definition) is 1. The van der Waals surface area contributed by atoms with Gasteiger partial charge >= 0.3 is 0 Å². The van der Waals surface area contributed by atoms with Crippen LogP contribution >= 0.6 is 0 Å². The van der Waals surface area contributed by atoms with Crippen LogP contribution in [0.1, 0.15) is 24.6 Å². The van der Waals surface area contributed by atoms with Crippen molar-refractivity contribution < 1.29 is 0 Å². The van der Waals surface area contributed by atoms with Gasteiger partial charge in [0.25, 0.3) is 0 Å². The molecular weight excluding hydrogens is 200 g/mol. The van der Waals surface area contributed by atoms with Gasteiger partial charge in [-0.25, -0.2) is 9.67 Å². The van der Waals surface area contributed by atoms with Crippen LogP contribution in [0.15, 0.2) is 30.6 Å². The number of nitrogens with zero attached hydrogens (tertiary/aromatic N) is 3. The second kappa shape index (κ2) is 4.90. The van der Waals surface area contributed by atoms with Crippen LogP contribution in [0.5, 0.6) is 0 Å². The fourth-order valence-electron chi connectivity index (χ4n) is 1.76. The lowest BCUT2D eigenvalue weighted by Crippen LogP contribution is -2.07. The number of hydrogen-bond acceptors (Lipinski definition) is 3. The molecule has 0 aliphatic carbocycles. The molecule has 16 heavy (non-hydrogen) atoms. The Kier molecular flexibility index (Phi) is 3.31. The Hall–Kier alpha value is -1.68. The van der Waals surface area contributed by atoms with E-state index in [4.69, 9.17) is 5.73 Å². The standard InChI is InChI=1S/C12H16N4/c1-2-5-11-10(8-13)9-15-16(11)12-6-3-4-7-14-12/h3-4,6-7,9H,2,5,8,13H2,1H3. The van der Waals surface area contributed by atoms with Gasteiger partial charge in [-0.3, -0.25) is 0 Å². The molecule has 0 aliphatic rings. The van der Waals surface area contributed by atoms with Crippen molar-refractivity contribution in [2.24, 2.45) is 5.73 Å². The van der Waals surface area contributed by atoms with Crippen molar-refractivity contribution in [3.8, 4) is 5.82 Å². The third-order valence-electron chi connectivity index (χ3n) is 2.53. The molecule has 0 fully saturated rings. The summed E-state index contributed by atoms with van der Waals surface area (Å²) in [4.78, 5) is 4.30. The van der Waals surface area contributed by atoms with E-state index < -0.39 is 0 Å². The molecule has 2 aromatic rings. The van der Waals surface area contributed by atoms with Crippen molar-refractivity contribution in [2.45, 2.75) is 26.3 Å². The van der Waals surface area contributed by atoms with Crippen LogP contribution in [0, 0.1) is 0 Å². The summed E-state index contributed by atoms with van der Waals surface area (Å²) in [6, 6.07) is 5.81. The zero-order valence-corrected chi connectivity index (χ0v) is 9.43. The second-order valence-electron chi connectivity index (χ2n) is 3.67. The third-order valence-corrected chi connectivity index (χ3v) is 2.53. The van der Waals surface area contributed by atoms with Crippen molar-refractivity contribution in [2.75, 3.05) is 0 Å². The monoisotopic (exact) mass is 216 g/mol. The first kappa shape index (κ1) is 10.8. The van der Waals surface area contributed by atoms with Crippen molar-refractivity contribution in [1.82, 2.24) is 14.8 Å². The molecule has 0 unspecified atom stereocenters. The van der Waals surface area contributed by atoms with Crippen LogP contribution in [-0.4, -0.2) is 14.8 Å². The second-order valence-corrected chi connectivity index (χ2v) is 3.67. The Morgan fingerprint density at radius 1 is 1.38 bits per heavy atom. The maximum absolute atomic E-state index is 5.70. The van der Waals surface area contributed by atoms with E-state index in [-0.39, 0.29) is 0 Å². The Bertz CT molecular complexity index is 447. The quantitative estimate of drug-likeness (QED) is 0.846. The molecule has 0 bridgehead atoms. The Morgan fingerprint density at radius 3 is 2.88 bits per heavy atom. The van der Waals surface area contributed by atoms with E-state index in [0.29, 0.717) is 6.54 Å². The number of aromatic nitrogens is 3. The Morgan fingerprint density at radius 2 is 2.25 bits per heavy atom. The summed E-state index contributed by atoms with van der Waals surface area (Å²) < 4.78 is 1.88. The predicted molar refractivity (Wildman–Crippen MR) is 63.2 cm³/mol. The van der Waals surface area contributed by atoms with Crippen LogP contribution < -0.4 is 5.73 Å². The van der Waals surface area contributed by atoms with Crippen molar-refractivity contribution >= 4 is 0 Å². The van der Waals surface area contributed by atoms with Gasteiger partial charge in [-0.15, -0.1) is 0 Å². The molecule has 4 heteroatoms. The van der Waals surface area contributed by atoms with Crippen molar-refractivity contribution in [3.05, 3.63) is 41.9 Å². The van der Waals surface area contributed by atoms with Crippen LogP contribution in [0.4, 0.5) is 0 Å². The highest BCUT2D eigenvalue weighted by Crippen LogP contribution is 2.14. The van der Waals surface area contributed by atoms with Crippen LogP contribution in [-0.2, 0) is 13.0 Å². The van der Waals surface area contributed by atoms with Crippen LogP contribution in [0.3, 0.4) is 0 Å². The Balaban J connectivity index is 2.44. The van der Waals surface area contributed by atoms with E-state index in [0.717, 1.165) is 24.2 Å². The molecule has 4 nitrogen and oxygen atoms in total. The maximum Gasteiger partial charge on any atom is 0.153 e. The van der Waals surface area contributed by atoms with Gasteiger partial charge in [0.15, 0.2) is 5.82 Å². The molecule has 0 amide bonds. The number of rotatable bonds is 4. The molecular formula is C12H16N4.